The monoisotopic (exact) mass is 690 g/mol. The van der Waals surface area contributed by atoms with Crippen molar-refractivity contribution in [3.63, 3.8) is 0 Å². The number of benzene rings is 8. The topological polar surface area (TPSA) is 9.86 Å². The van der Waals surface area contributed by atoms with Gasteiger partial charge < -0.3 is 9.13 Å². The fourth-order valence-corrected chi connectivity index (χ4v) is 8.06. The molecule has 2 heteroatoms. The summed E-state index contributed by atoms with van der Waals surface area (Å²) >= 11 is 0. The lowest BCUT2D eigenvalue weighted by molar-refractivity contribution is 0.660. The molecule has 2 nitrogen and oxygen atoms in total. The zero-order valence-corrected chi connectivity index (χ0v) is 28.6. The first kappa shape index (κ1) is 19.3. The molecular formula is C51H36N2. The van der Waals surface area contributed by atoms with E-state index in [0.29, 0.717) is 11.4 Å². The number of para-hydroxylation sites is 2. The molecule has 1 aliphatic carbocycles. The number of hydrogen-bond donors (Lipinski definition) is 0. The third-order valence-corrected chi connectivity index (χ3v) is 10.6. The second kappa shape index (κ2) is 11.2. The zero-order valence-electron chi connectivity index (χ0n) is 42.6. The Bertz CT molecular complexity index is 3870. The normalized spacial score (nSPS) is 16.9. The molecule has 11 rings (SSSR count). The van der Waals surface area contributed by atoms with Crippen molar-refractivity contribution < 1.29 is 19.2 Å². The largest absolute Gasteiger partial charge is 0.309 e. The molecule has 0 saturated carbocycles. The minimum Gasteiger partial charge on any atom is -0.309 e. The van der Waals surface area contributed by atoms with Crippen LogP contribution in [0, 0.1) is 0 Å². The van der Waals surface area contributed by atoms with Crippen molar-refractivity contribution in [1.29, 1.82) is 0 Å². The van der Waals surface area contributed by atoms with Gasteiger partial charge in [0.25, 0.3) is 0 Å². The summed E-state index contributed by atoms with van der Waals surface area (Å²) in [4.78, 5) is 0. The third-order valence-electron chi connectivity index (χ3n) is 10.6. The van der Waals surface area contributed by atoms with Gasteiger partial charge in [-0.1, -0.05) is 135 Å². The number of rotatable bonds is 4. The van der Waals surface area contributed by atoms with E-state index in [0.717, 1.165) is 33.4 Å². The van der Waals surface area contributed by atoms with Gasteiger partial charge in [-0.25, -0.2) is 0 Å². The van der Waals surface area contributed by atoms with Crippen LogP contribution in [0.5, 0.6) is 0 Å². The molecule has 10 aromatic rings. The van der Waals surface area contributed by atoms with E-state index in [4.69, 9.17) is 8.22 Å². The number of fused-ring (bicyclic) bond motifs is 9. The highest BCUT2D eigenvalue weighted by molar-refractivity contribution is 6.12. The van der Waals surface area contributed by atoms with Crippen LogP contribution < -0.4 is 0 Å². The Morgan fingerprint density at radius 3 is 1.58 bits per heavy atom. The van der Waals surface area contributed by atoms with E-state index in [-0.39, 0.29) is 43.6 Å². The molecule has 0 saturated heterocycles. The second-order valence-electron chi connectivity index (χ2n) is 13.9. The number of nitrogens with zero attached hydrogens (tertiary/aromatic N) is 2. The molecule has 0 N–H and O–H groups in total. The fourth-order valence-electron chi connectivity index (χ4n) is 8.06. The molecule has 0 spiro atoms. The molecule has 0 atom stereocenters. The van der Waals surface area contributed by atoms with Crippen LogP contribution in [0.25, 0.3) is 88.4 Å². The highest BCUT2D eigenvalue weighted by Crippen LogP contribution is 2.49. The quantitative estimate of drug-likeness (QED) is 0.174. The van der Waals surface area contributed by atoms with Crippen LogP contribution in [0.1, 0.15) is 44.2 Å². The van der Waals surface area contributed by atoms with Gasteiger partial charge in [-0.05, 0) is 105 Å². The van der Waals surface area contributed by atoms with Crippen LogP contribution >= 0.6 is 0 Å². The molecule has 250 valence electrons. The van der Waals surface area contributed by atoms with Gasteiger partial charge >= 0.3 is 0 Å². The zero-order chi connectivity index (χ0) is 47.4. The van der Waals surface area contributed by atoms with E-state index in [9.17, 15) is 11.0 Å². The minimum absolute atomic E-state index is 0.0287. The summed E-state index contributed by atoms with van der Waals surface area (Å²) in [6.07, 6.45) is 0. The molecule has 8 aromatic carbocycles. The molecule has 2 aromatic heterocycles. The molecule has 0 bridgehead atoms. The number of hydrogen-bond acceptors (Lipinski definition) is 0. The Kier molecular flexibility index (Phi) is 4.06. The van der Waals surface area contributed by atoms with Crippen LogP contribution in [-0.4, -0.2) is 9.13 Å². The molecule has 0 unspecified atom stereocenters. The molecule has 0 fully saturated rings. The van der Waals surface area contributed by atoms with Crippen LogP contribution in [0.4, 0.5) is 0 Å². The van der Waals surface area contributed by atoms with E-state index < -0.39 is 101 Å². The second-order valence-corrected chi connectivity index (χ2v) is 13.9. The summed E-state index contributed by atoms with van der Waals surface area (Å²) in [6.45, 7) is 4.17. The van der Waals surface area contributed by atoms with Crippen LogP contribution in [0.3, 0.4) is 0 Å². The van der Waals surface area contributed by atoms with Gasteiger partial charge in [0.2, 0.25) is 0 Å². The van der Waals surface area contributed by atoms with Crippen LogP contribution in [0.2, 0.25) is 0 Å². The SMILES string of the molecule is [2H]c1c([2H])c([2H])c2c(c1[2H])c1c([2H])c(-c3c([2H])c([2H])c4c(c3[2H])c3c([2H])c([2H])c([2H])c([2H])c3n4-c3ccc4c(c3)C(C)(C)c3ccccc3-4)c([2H])c([2H])c1n2-c1ccc(-c2ccccc2)cc1. The molecular weight excluding hydrogens is 641 g/mol. The van der Waals surface area contributed by atoms with Gasteiger partial charge in [0.1, 0.15) is 0 Å². The van der Waals surface area contributed by atoms with Gasteiger partial charge in [0.05, 0.1) is 41.3 Å². The summed E-state index contributed by atoms with van der Waals surface area (Å²) in [6, 6.07) is 23.0. The standard InChI is InChI=1S/C51H36N2/c1-51(2)45-17-9-6-14-39(45)40-27-26-38(32-46(40)51)53-48-19-11-8-16-42(48)44-31-36(23-29-50(44)53)35-22-28-49-43(30-35)41-15-7-10-18-47(41)52(49)37-24-20-34(21-25-37)33-12-4-3-5-13-33/h3-32H,1-2H3/i7D,8D,10D,11D,15D,16D,18D,19D,22D,23D,28D,29D,30D,31D. The van der Waals surface area contributed by atoms with E-state index in [2.05, 4.69) is 19.9 Å². The van der Waals surface area contributed by atoms with E-state index >= 15 is 0 Å². The Morgan fingerprint density at radius 1 is 0.415 bits per heavy atom. The smallest absolute Gasteiger partial charge is 0.0645 e. The highest BCUT2D eigenvalue weighted by atomic mass is 15.0. The van der Waals surface area contributed by atoms with Gasteiger partial charge in [-0.3, -0.25) is 0 Å². The van der Waals surface area contributed by atoms with Crippen LogP contribution in [-0.2, 0) is 5.41 Å². The van der Waals surface area contributed by atoms with E-state index in [1.54, 1.807) is 18.2 Å². The molecule has 53 heavy (non-hydrogen) atoms. The van der Waals surface area contributed by atoms with Gasteiger partial charge in [-0.2, -0.15) is 0 Å². The van der Waals surface area contributed by atoms with Gasteiger partial charge in [-0.15, -0.1) is 0 Å². The maximum atomic E-state index is 9.92. The maximum Gasteiger partial charge on any atom is 0.0645 e. The van der Waals surface area contributed by atoms with Crippen LogP contribution in [0.15, 0.2) is 182 Å². The van der Waals surface area contributed by atoms with Crippen molar-refractivity contribution in [2.75, 3.05) is 0 Å². The first-order valence-electron chi connectivity index (χ1n) is 24.4. The molecule has 0 radical (unpaired) electrons. The number of aromatic nitrogens is 2. The average Bonchev–Trinajstić information content (AvgIpc) is 3.96. The molecule has 1 aliphatic rings. The first-order valence-corrected chi connectivity index (χ1v) is 17.4. The first-order chi connectivity index (χ1) is 31.9. The van der Waals surface area contributed by atoms with Crippen molar-refractivity contribution in [1.82, 2.24) is 9.13 Å². The van der Waals surface area contributed by atoms with Crippen molar-refractivity contribution >= 4 is 43.6 Å². The summed E-state index contributed by atoms with van der Waals surface area (Å²) in [5, 5.41) is -0.444. The molecule has 2 heterocycles. The Balaban J connectivity index is 1.24. The lowest BCUT2D eigenvalue weighted by Gasteiger charge is -2.22. The van der Waals surface area contributed by atoms with Gasteiger partial charge in [0.15, 0.2) is 0 Å². The lowest BCUT2D eigenvalue weighted by Crippen LogP contribution is -2.15. The van der Waals surface area contributed by atoms with Crippen molar-refractivity contribution in [3.8, 4) is 44.8 Å². The Hall–Kier alpha value is -6.64. The van der Waals surface area contributed by atoms with Crippen molar-refractivity contribution in [2.24, 2.45) is 0 Å². The van der Waals surface area contributed by atoms with E-state index in [1.165, 1.54) is 9.13 Å². The van der Waals surface area contributed by atoms with Crippen molar-refractivity contribution in [3.05, 3.63) is 193 Å². The average molecular weight is 691 g/mol. The fraction of sp³-hybridized carbons (Fsp3) is 0.0588. The Morgan fingerprint density at radius 2 is 0.925 bits per heavy atom. The summed E-state index contributed by atoms with van der Waals surface area (Å²) < 4.78 is 133. The predicted molar refractivity (Wildman–Crippen MR) is 224 cm³/mol. The summed E-state index contributed by atoms with van der Waals surface area (Å²) in [7, 11) is 0. The molecule has 0 amide bonds. The third kappa shape index (κ3) is 4.39. The van der Waals surface area contributed by atoms with Gasteiger partial charge in [0, 0.05) is 38.3 Å². The predicted octanol–water partition coefficient (Wildman–Crippen LogP) is 13.5. The summed E-state index contributed by atoms with van der Waals surface area (Å²) in [5.41, 5.74) is 5.18. The Labute approximate surface area is 328 Å². The lowest BCUT2D eigenvalue weighted by atomic mass is 9.82. The minimum atomic E-state index is -0.607. The van der Waals surface area contributed by atoms with E-state index in [1.807, 2.05) is 72.8 Å². The highest BCUT2D eigenvalue weighted by Gasteiger charge is 2.35. The maximum absolute atomic E-state index is 9.92. The molecule has 0 aliphatic heterocycles. The van der Waals surface area contributed by atoms with Crippen molar-refractivity contribution in [2.45, 2.75) is 19.3 Å². The summed E-state index contributed by atoms with van der Waals surface area (Å²) in [5.74, 6) is 0.